The fourth-order valence-corrected chi connectivity index (χ4v) is 5.27. The summed E-state index contributed by atoms with van der Waals surface area (Å²) in [5.41, 5.74) is 0.700. The van der Waals surface area contributed by atoms with Crippen LogP contribution in [0.1, 0.15) is 35.0 Å². The summed E-state index contributed by atoms with van der Waals surface area (Å²) in [6.07, 6.45) is 3.47. The number of nitrogens with zero attached hydrogens (tertiary/aromatic N) is 3. The molecule has 0 saturated carbocycles. The molecule has 1 unspecified atom stereocenters. The number of aromatic nitrogens is 2. The number of nitrogens with one attached hydrogen (secondary N) is 1. The monoisotopic (exact) mass is 484 g/mol. The summed E-state index contributed by atoms with van der Waals surface area (Å²) in [6.45, 7) is 5.21. The van der Waals surface area contributed by atoms with Crippen LogP contribution in [0, 0.1) is 12.8 Å². The molecule has 1 saturated heterocycles. The highest BCUT2D eigenvalue weighted by atomic mass is 32.1. The smallest absolute Gasteiger partial charge is 0.266 e. The third kappa shape index (κ3) is 4.63. The number of methoxy groups -OCH3 is 2. The number of piperidine rings is 1. The van der Waals surface area contributed by atoms with Gasteiger partial charge in [-0.05, 0) is 43.4 Å². The third-order valence-electron chi connectivity index (χ3n) is 6.10. The summed E-state index contributed by atoms with van der Waals surface area (Å²) < 4.78 is 11.9. The molecule has 2 aromatic heterocycles. The standard InChI is InChI=1S/C24H28N4O5S/c1-14-6-5-9-27(11-14)19(29)12-28-13-25-23-20(24(28)31)15(2)21(34-23)22(30)26-17-8-7-16(32-3)10-18(17)33-4/h7-8,10,13-14H,5-6,9,11-12H2,1-4H3,(H,26,30). The van der Waals surface area contributed by atoms with E-state index < -0.39 is 0 Å². The topological polar surface area (TPSA) is 103 Å². The molecule has 0 radical (unpaired) electrons. The van der Waals surface area contributed by atoms with Crippen LogP contribution in [0.3, 0.4) is 0 Å². The number of amides is 2. The van der Waals surface area contributed by atoms with Crippen molar-refractivity contribution in [1.29, 1.82) is 0 Å². The molecule has 0 bridgehead atoms. The first kappa shape index (κ1) is 23.7. The molecule has 0 aliphatic carbocycles. The molecule has 34 heavy (non-hydrogen) atoms. The van der Waals surface area contributed by atoms with Gasteiger partial charge in [0.25, 0.3) is 11.5 Å². The number of anilines is 1. The number of carbonyl (C=O) groups is 2. The van der Waals surface area contributed by atoms with E-state index in [2.05, 4.69) is 17.2 Å². The van der Waals surface area contributed by atoms with Crippen LogP contribution >= 0.6 is 11.3 Å². The maximum atomic E-state index is 13.2. The number of ether oxygens (including phenoxy) is 2. The largest absolute Gasteiger partial charge is 0.497 e. The molecule has 9 nitrogen and oxygen atoms in total. The normalized spacial score (nSPS) is 15.9. The van der Waals surface area contributed by atoms with Crippen molar-refractivity contribution in [3.05, 3.63) is 45.3 Å². The Hall–Kier alpha value is -3.40. The van der Waals surface area contributed by atoms with Gasteiger partial charge in [0.05, 0.1) is 36.5 Å². The van der Waals surface area contributed by atoms with E-state index >= 15 is 0 Å². The third-order valence-corrected chi connectivity index (χ3v) is 7.29. The molecule has 4 rings (SSSR count). The van der Waals surface area contributed by atoms with Crippen LogP contribution in [0.15, 0.2) is 29.3 Å². The van der Waals surface area contributed by atoms with Gasteiger partial charge in [0.2, 0.25) is 5.91 Å². The Morgan fingerprint density at radius 1 is 1.26 bits per heavy atom. The molecule has 3 aromatic rings. The van der Waals surface area contributed by atoms with Crippen molar-refractivity contribution >= 4 is 39.1 Å². The van der Waals surface area contributed by atoms with Gasteiger partial charge < -0.3 is 19.7 Å². The lowest BCUT2D eigenvalue weighted by Crippen LogP contribution is -2.42. The van der Waals surface area contributed by atoms with Crippen LogP contribution < -0.4 is 20.3 Å². The summed E-state index contributed by atoms with van der Waals surface area (Å²) >= 11 is 1.15. The Bertz CT molecular complexity index is 1300. The first-order valence-electron chi connectivity index (χ1n) is 11.1. The van der Waals surface area contributed by atoms with Gasteiger partial charge in [-0.15, -0.1) is 11.3 Å². The number of hydrogen-bond donors (Lipinski definition) is 1. The summed E-state index contributed by atoms with van der Waals surface area (Å²) in [6, 6.07) is 5.08. The number of carbonyl (C=O) groups excluding carboxylic acids is 2. The number of hydrogen-bond acceptors (Lipinski definition) is 7. The van der Waals surface area contributed by atoms with Crippen molar-refractivity contribution in [2.24, 2.45) is 5.92 Å². The van der Waals surface area contributed by atoms with E-state index in [1.54, 1.807) is 32.2 Å². The first-order valence-corrected chi connectivity index (χ1v) is 11.9. The molecule has 3 heterocycles. The van der Waals surface area contributed by atoms with Gasteiger partial charge in [-0.2, -0.15) is 0 Å². The Balaban J connectivity index is 1.59. The number of thiophene rings is 1. The van der Waals surface area contributed by atoms with E-state index in [9.17, 15) is 14.4 Å². The van der Waals surface area contributed by atoms with Crippen LogP contribution in [0.2, 0.25) is 0 Å². The number of rotatable bonds is 6. The van der Waals surface area contributed by atoms with E-state index in [1.165, 1.54) is 18.0 Å². The van der Waals surface area contributed by atoms with Gasteiger partial charge in [-0.3, -0.25) is 19.0 Å². The predicted molar refractivity (Wildman–Crippen MR) is 131 cm³/mol. The van der Waals surface area contributed by atoms with E-state index in [1.807, 2.05) is 4.90 Å². The minimum absolute atomic E-state index is 0.0612. The van der Waals surface area contributed by atoms with Gasteiger partial charge in [-0.1, -0.05) is 6.92 Å². The lowest BCUT2D eigenvalue weighted by molar-refractivity contribution is -0.133. The van der Waals surface area contributed by atoms with Gasteiger partial charge >= 0.3 is 0 Å². The molecule has 1 fully saturated rings. The second-order valence-corrected chi connectivity index (χ2v) is 9.52. The van der Waals surface area contributed by atoms with Crippen molar-refractivity contribution in [1.82, 2.24) is 14.5 Å². The van der Waals surface area contributed by atoms with Crippen molar-refractivity contribution in [2.75, 3.05) is 32.6 Å². The lowest BCUT2D eigenvalue weighted by atomic mass is 10.0. The van der Waals surface area contributed by atoms with Gasteiger partial charge in [0.1, 0.15) is 22.9 Å². The summed E-state index contributed by atoms with van der Waals surface area (Å²) in [7, 11) is 3.06. The molecule has 1 atom stereocenters. The zero-order valence-electron chi connectivity index (χ0n) is 19.7. The van der Waals surface area contributed by atoms with Crippen molar-refractivity contribution in [2.45, 2.75) is 33.2 Å². The fourth-order valence-electron chi connectivity index (χ4n) is 4.23. The Morgan fingerprint density at radius 3 is 2.76 bits per heavy atom. The summed E-state index contributed by atoms with van der Waals surface area (Å²) in [5, 5.41) is 3.20. The van der Waals surface area contributed by atoms with Gasteiger partial charge in [0.15, 0.2) is 0 Å². The Labute approximate surface area is 201 Å². The summed E-state index contributed by atoms with van der Waals surface area (Å²) in [5.74, 6) is 1.06. The molecular formula is C24H28N4O5S. The number of likely N-dealkylation sites (tertiary alicyclic amines) is 1. The molecular weight excluding hydrogens is 456 g/mol. The summed E-state index contributed by atoms with van der Waals surface area (Å²) in [4.78, 5) is 46.0. The average Bonchev–Trinajstić information content (AvgIpc) is 3.18. The molecule has 10 heteroatoms. The van der Waals surface area contributed by atoms with Gasteiger partial charge in [-0.25, -0.2) is 4.98 Å². The molecule has 1 aliphatic rings. The van der Waals surface area contributed by atoms with E-state index in [0.29, 0.717) is 56.9 Å². The minimum Gasteiger partial charge on any atom is -0.497 e. The highest BCUT2D eigenvalue weighted by molar-refractivity contribution is 7.20. The first-order chi connectivity index (χ1) is 16.3. The molecule has 0 spiro atoms. The number of fused-ring (bicyclic) bond motifs is 1. The van der Waals surface area contributed by atoms with Gasteiger partial charge in [0, 0.05) is 19.2 Å². The number of aryl methyl sites for hydroxylation is 1. The van der Waals surface area contributed by atoms with Crippen LogP contribution in [0.25, 0.3) is 10.2 Å². The van der Waals surface area contributed by atoms with E-state index in [0.717, 1.165) is 24.2 Å². The van der Waals surface area contributed by atoms with Crippen molar-refractivity contribution < 1.29 is 19.1 Å². The highest BCUT2D eigenvalue weighted by Gasteiger charge is 2.24. The maximum absolute atomic E-state index is 13.2. The molecule has 1 aromatic carbocycles. The Kier molecular flexibility index (Phi) is 6.87. The average molecular weight is 485 g/mol. The molecule has 180 valence electrons. The SMILES string of the molecule is COc1ccc(NC(=O)c2sc3ncn(CC(=O)N4CCCC(C)C4)c(=O)c3c2C)c(OC)c1. The second-order valence-electron chi connectivity index (χ2n) is 8.52. The lowest BCUT2D eigenvalue weighted by Gasteiger charge is -2.31. The quantitative estimate of drug-likeness (QED) is 0.576. The number of benzene rings is 1. The highest BCUT2D eigenvalue weighted by Crippen LogP contribution is 2.32. The van der Waals surface area contributed by atoms with Crippen LogP contribution in [-0.2, 0) is 11.3 Å². The zero-order valence-corrected chi connectivity index (χ0v) is 20.5. The van der Waals surface area contributed by atoms with Crippen molar-refractivity contribution in [3.63, 3.8) is 0 Å². The Morgan fingerprint density at radius 2 is 2.06 bits per heavy atom. The van der Waals surface area contributed by atoms with Crippen LogP contribution in [0.5, 0.6) is 11.5 Å². The van der Waals surface area contributed by atoms with Crippen molar-refractivity contribution in [3.8, 4) is 11.5 Å². The second kappa shape index (κ2) is 9.84. The predicted octanol–water partition coefficient (Wildman–Crippen LogP) is 3.29. The zero-order chi connectivity index (χ0) is 24.4. The maximum Gasteiger partial charge on any atom is 0.266 e. The van der Waals surface area contributed by atoms with Crippen LogP contribution in [-0.4, -0.2) is 53.6 Å². The fraction of sp³-hybridized carbons (Fsp3) is 0.417. The van der Waals surface area contributed by atoms with Crippen LogP contribution in [0.4, 0.5) is 5.69 Å². The minimum atomic E-state index is -0.367. The van der Waals surface area contributed by atoms with E-state index in [-0.39, 0.29) is 23.9 Å². The molecule has 1 aliphatic heterocycles. The molecule has 2 amide bonds. The molecule has 1 N–H and O–H groups in total. The van der Waals surface area contributed by atoms with E-state index in [4.69, 9.17) is 9.47 Å².